The molecular formula is C28H20Cl2N2O4. The summed E-state index contributed by atoms with van der Waals surface area (Å²) in [7, 11) is 0. The van der Waals surface area contributed by atoms with E-state index >= 15 is 0 Å². The van der Waals surface area contributed by atoms with E-state index < -0.39 is 24.0 Å². The number of rotatable bonds is 4. The van der Waals surface area contributed by atoms with Gasteiger partial charge in [0.05, 0.1) is 16.4 Å². The number of hydrogen-bond acceptors (Lipinski definition) is 5. The number of nitrogens with zero attached hydrogens (tertiary/aromatic N) is 2. The maximum Gasteiger partial charge on any atom is 0.266 e. The third kappa shape index (κ3) is 3.69. The van der Waals surface area contributed by atoms with Crippen molar-refractivity contribution in [2.24, 2.45) is 5.92 Å². The Morgan fingerprint density at radius 2 is 1.58 bits per heavy atom. The number of carbonyl (C=O) groups is 2. The number of para-hydroxylation sites is 1. The van der Waals surface area contributed by atoms with Crippen LogP contribution in [0.4, 0.5) is 11.4 Å². The summed E-state index contributed by atoms with van der Waals surface area (Å²) < 4.78 is 6.25. The summed E-state index contributed by atoms with van der Waals surface area (Å²) in [5, 5.41) is 2.57. The second-order valence-electron chi connectivity index (χ2n) is 8.84. The molecule has 2 aliphatic heterocycles. The van der Waals surface area contributed by atoms with Gasteiger partial charge in [-0.25, -0.2) is 9.96 Å². The van der Waals surface area contributed by atoms with E-state index in [1.165, 1.54) is 4.90 Å². The Balaban J connectivity index is 1.43. The van der Waals surface area contributed by atoms with E-state index in [1.54, 1.807) is 41.5 Å². The van der Waals surface area contributed by atoms with E-state index in [4.69, 9.17) is 32.5 Å². The number of carbonyl (C=O) groups excluding carboxylic acids is 2. The third-order valence-electron chi connectivity index (χ3n) is 6.50. The summed E-state index contributed by atoms with van der Waals surface area (Å²) in [5.74, 6) is -0.513. The van der Waals surface area contributed by atoms with Gasteiger partial charge in [-0.3, -0.25) is 14.4 Å². The first-order valence-corrected chi connectivity index (χ1v) is 12.2. The number of furan rings is 1. The van der Waals surface area contributed by atoms with E-state index in [1.807, 2.05) is 55.5 Å². The smallest absolute Gasteiger partial charge is 0.266 e. The van der Waals surface area contributed by atoms with Crippen LogP contribution in [0.3, 0.4) is 0 Å². The van der Waals surface area contributed by atoms with Crippen LogP contribution in [-0.4, -0.2) is 17.9 Å². The molecule has 2 amide bonds. The molecule has 3 heterocycles. The highest BCUT2D eigenvalue weighted by Crippen LogP contribution is 2.48. The van der Waals surface area contributed by atoms with Gasteiger partial charge in [0.1, 0.15) is 23.5 Å². The zero-order valence-corrected chi connectivity index (χ0v) is 20.6. The second-order valence-corrected chi connectivity index (χ2v) is 9.68. The minimum Gasteiger partial charge on any atom is -0.459 e. The molecule has 0 N–H and O–H groups in total. The van der Waals surface area contributed by atoms with Crippen LogP contribution in [0.25, 0.3) is 11.3 Å². The molecule has 36 heavy (non-hydrogen) atoms. The van der Waals surface area contributed by atoms with Gasteiger partial charge in [-0.1, -0.05) is 53.5 Å². The van der Waals surface area contributed by atoms with Gasteiger partial charge < -0.3 is 4.42 Å². The maximum absolute atomic E-state index is 13.8. The number of anilines is 2. The molecule has 8 heteroatoms. The molecule has 6 nitrogen and oxygen atoms in total. The summed E-state index contributed by atoms with van der Waals surface area (Å²) in [6, 6.07) is 24.7. The van der Waals surface area contributed by atoms with Gasteiger partial charge >= 0.3 is 0 Å². The zero-order chi connectivity index (χ0) is 25.0. The monoisotopic (exact) mass is 518 g/mol. The molecule has 1 aromatic heterocycles. The highest BCUT2D eigenvalue weighted by atomic mass is 35.5. The van der Waals surface area contributed by atoms with Crippen LogP contribution in [0.1, 0.15) is 17.4 Å². The first-order chi connectivity index (χ1) is 17.4. The minimum absolute atomic E-state index is 0.332. The topological polar surface area (TPSA) is 63.0 Å². The normalized spacial score (nSPS) is 21.4. The number of hydroxylamine groups is 1. The summed E-state index contributed by atoms with van der Waals surface area (Å²) in [6.07, 6.45) is -0.976. The molecule has 0 unspecified atom stereocenters. The number of imide groups is 1. The van der Waals surface area contributed by atoms with Crippen molar-refractivity contribution in [3.63, 3.8) is 0 Å². The van der Waals surface area contributed by atoms with Crippen LogP contribution in [0, 0.1) is 12.8 Å². The summed E-state index contributed by atoms with van der Waals surface area (Å²) in [4.78, 5) is 34.6. The van der Waals surface area contributed by atoms with Gasteiger partial charge in [0.2, 0.25) is 5.91 Å². The molecule has 0 spiro atoms. The van der Waals surface area contributed by atoms with Crippen molar-refractivity contribution in [1.29, 1.82) is 0 Å². The van der Waals surface area contributed by atoms with Crippen molar-refractivity contribution in [2.45, 2.75) is 19.1 Å². The molecule has 2 saturated heterocycles. The molecule has 0 saturated carbocycles. The quantitative estimate of drug-likeness (QED) is 0.284. The number of hydrogen-bond donors (Lipinski definition) is 0. The number of fused-ring (bicyclic) bond motifs is 1. The molecule has 0 bridgehead atoms. The largest absolute Gasteiger partial charge is 0.459 e. The predicted molar refractivity (Wildman–Crippen MR) is 138 cm³/mol. The molecule has 4 aromatic rings. The number of halogens is 2. The van der Waals surface area contributed by atoms with E-state index in [-0.39, 0.29) is 5.91 Å². The fraction of sp³-hybridized carbons (Fsp3) is 0.143. The Bertz CT molecular complexity index is 1490. The van der Waals surface area contributed by atoms with Gasteiger partial charge in [-0.15, -0.1) is 0 Å². The molecule has 2 fully saturated rings. The molecule has 3 aromatic carbocycles. The van der Waals surface area contributed by atoms with Crippen molar-refractivity contribution in [1.82, 2.24) is 0 Å². The van der Waals surface area contributed by atoms with Crippen molar-refractivity contribution in [3.05, 3.63) is 106 Å². The lowest BCUT2D eigenvalue weighted by atomic mass is 9.94. The molecule has 0 radical (unpaired) electrons. The van der Waals surface area contributed by atoms with Gasteiger partial charge in [0, 0.05) is 10.6 Å². The van der Waals surface area contributed by atoms with Gasteiger partial charge in [-0.05, 0) is 67.1 Å². The van der Waals surface area contributed by atoms with Crippen molar-refractivity contribution in [2.75, 3.05) is 9.96 Å². The van der Waals surface area contributed by atoms with Crippen LogP contribution in [0.2, 0.25) is 10.0 Å². The van der Waals surface area contributed by atoms with Crippen LogP contribution in [-0.2, 0) is 14.4 Å². The minimum atomic E-state index is -0.976. The fourth-order valence-corrected chi connectivity index (χ4v) is 5.37. The first-order valence-electron chi connectivity index (χ1n) is 11.4. The van der Waals surface area contributed by atoms with Crippen LogP contribution >= 0.6 is 23.2 Å². The van der Waals surface area contributed by atoms with Crippen LogP contribution < -0.4 is 9.96 Å². The molecule has 180 valence electrons. The lowest BCUT2D eigenvalue weighted by Crippen LogP contribution is -2.37. The number of benzene rings is 3. The number of aryl methyl sites for hydroxylation is 1. The molecular weight excluding hydrogens is 499 g/mol. The van der Waals surface area contributed by atoms with E-state index in [0.29, 0.717) is 38.5 Å². The standard InChI is InChI=1S/C28H20Cl2N2O4/c1-16-6-5-9-19(14-16)31-27(33)24-25(32(36-26(24)28(31)34)18-7-3-2-4-8-18)23-13-12-22(35-23)20-11-10-17(29)15-21(20)30/h2-15,24-26H,1H3/t24-,25+,26+/m0/s1. The Morgan fingerprint density at radius 1 is 0.806 bits per heavy atom. The van der Waals surface area contributed by atoms with Crippen LogP contribution in [0.15, 0.2) is 89.3 Å². The first kappa shape index (κ1) is 22.9. The van der Waals surface area contributed by atoms with E-state index in [2.05, 4.69) is 0 Å². The predicted octanol–water partition coefficient (Wildman–Crippen LogP) is 6.61. The van der Waals surface area contributed by atoms with Gasteiger partial charge in [0.15, 0.2) is 6.10 Å². The molecule has 3 atom stereocenters. The lowest BCUT2D eigenvalue weighted by Gasteiger charge is -2.27. The average molecular weight is 519 g/mol. The lowest BCUT2D eigenvalue weighted by molar-refractivity contribution is -0.126. The number of amides is 2. The molecule has 0 aliphatic carbocycles. The summed E-state index contributed by atoms with van der Waals surface area (Å²) in [6.45, 7) is 1.91. The zero-order valence-electron chi connectivity index (χ0n) is 19.1. The van der Waals surface area contributed by atoms with Crippen LogP contribution in [0.5, 0.6) is 0 Å². The Morgan fingerprint density at radius 3 is 2.33 bits per heavy atom. The highest BCUT2D eigenvalue weighted by Gasteiger charge is 2.61. The summed E-state index contributed by atoms with van der Waals surface area (Å²) in [5.41, 5.74) is 2.86. The summed E-state index contributed by atoms with van der Waals surface area (Å²) >= 11 is 12.5. The average Bonchev–Trinajstić information content (AvgIpc) is 3.55. The van der Waals surface area contributed by atoms with E-state index in [9.17, 15) is 9.59 Å². The van der Waals surface area contributed by atoms with Crippen molar-refractivity contribution in [3.8, 4) is 11.3 Å². The Kier molecular flexibility index (Phi) is 5.60. The SMILES string of the molecule is Cc1cccc(N2C(=O)[C@H]3[C@@H](c4ccc(-c5ccc(Cl)cc5Cl)o4)N(c4ccccc4)O[C@H]3C2=O)c1. The van der Waals surface area contributed by atoms with Crippen molar-refractivity contribution < 1.29 is 18.8 Å². The Labute approximate surface area is 217 Å². The third-order valence-corrected chi connectivity index (χ3v) is 7.05. The molecule has 6 rings (SSSR count). The maximum atomic E-state index is 13.8. The fourth-order valence-electron chi connectivity index (χ4n) is 4.87. The molecule has 2 aliphatic rings. The second kappa shape index (κ2) is 8.82. The Hall–Kier alpha value is -3.58. The van der Waals surface area contributed by atoms with Crippen molar-refractivity contribution >= 4 is 46.4 Å². The van der Waals surface area contributed by atoms with E-state index in [0.717, 1.165) is 5.56 Å². The van der Waals surface area contributed by atoms with Gasteiger partial charge in [0.25, 0.3) is 5.91 Å². The highest BCUT2D eigenvalue weighted by molar-refractivity contribution is 6.36. The van der Waals surface area contributed by atoms with Gasteiger partial charge in [-0.2, -0.15) is 0 Å².